The predicted molar refractivity (Wildman–Crippen MR) is 92.5 cm³/mol. The molecule has 0 saturated carbocycles. The van der Waals surface area contributed by atoms with Crippen LogP contribution in [0.2, 0.25) is 0 Å². The summed E-state index contributed by atoms with van der Waals surface area (Å²) in [6, 6.07) is 7.16. The van der Waals surface area contributed by atoms with Crippen molar-refractivity contribution in [2.24, 2.45) is 5.73 Å². The Morgan fingerprint density at radius 3 is 2.30 bits per heavy atom. The molecule has 0 bridgehead atoms. The number of nitrogens with two attached hydrogens (primary N) is 1. The molecule has 2 rings (SSSR count). The average Bonchev–Trinajstić information content (AvgIpc) is 2.61. The van der Waals surface area contributed by atoms with Crippen LogP contribution in [0.5, 0.6) is 0 Å². The van der Waals surface area contributed by atoms with Crippen LogP contribution in [0.3, 0.4) is 0 Å². The zero-order valence-electron chi connectivity index (χ0n) is 13.9. The van der Waals surface area contributed by atoms with Crippen LogP contribution >= 0.6 is 11.8 Å². The van der Waals surface area contributed by atoms with Gasteiger partial charge in [-0.25, -0.2) is 9.37 Å². The zero-order chi connectivity index (χ0) is 20.0. The summed E-state index contributed by atoms with van der Waals surface area (Å²) in [6.07, 6.45) is -3.88. The van der Waals surface area contributed by atoms with Crippen molar-refractivity contribution in [3.63, 3.8) is 0 Å². The topological polar surface area (TPSA) is 76.3 Å². The normalized spacial score (nSPS) is 11.3. The van der Waals surface area contributed by atoms with Crippen LogP contribution in [0.15, 0.2) is 47.6 Å². The molecule has 1 aromatic heterocycles. The van der Waals surface area contributed by atoms with Gasteiger partial charge in [0, 0.05) is 24.8 Å². The standard InChI is InChI=1S/C17H15F4N3O2S/c18-12-2-4-13(5-3-12)24(8-7-14(22)25)16(26)10-27-15-6-1-11(9-23-15)17(19,20)21/h1-6,9H,7-8,10H2,(H2,22,25). The summed E-state index contributed by atoms with van der Waals surface area (Å²) in [6.45, 7) is 0.000793. The molecule has 27 heavy (non-hydrogen) atoms. The Morgan fingerprint density at radius 2 is 1.78 bits per heavy atom. The third kappa shape index (κ3) is 6.24. The minimum atomic E-state index is -4.49. The van der Waals surface area contributed by atoms with E-state index in [9.17, 15) is 27.2 Å². The molecule has 2 aromatic rings. The third-order valence-electron chi connectivity index (χ3n) is 3.43. The van der Waals surface area contributed by atoms with Crippen molar-refractivity contribution < 1.29 is 27.2 Å². The Morgan fingerprint density at radius 1 is 1.11 bits per heavy atom. The molecule has 2 amide bonds. The molecular formula is C17H15F4N3O2S. The average molecular weight is 401 g/mol. The number of primary amides is 1. The molecule has 144 valence electrons. The number of rotatable bonds is 7. The van der Waals surface area contributed by atoms with E-state index in [4.69, 9.17) is 5.73 Å². The number of hydrogen-bond acceptors (Lipinski definition) is 4. The maximum Gasteiger partial charge on any atom is 0.417 e. The molecule has 1 aromatic carbocycles. The lowest BCUT2D eigenvalue weighted by Gasteiger charge is -2.22. The fraction of sp³-hybridized carbons (Fsp3) is 0.235. The van der Waals surface area contributed by atoms with E-state index in [2.05, 4.69) is 4.98 Å². The van der Waals surface area contributed by atoms with Crippen molar-refractivity contribution in [2.45, 2.75) is 17.6 Å². The van der Waals surface area contributed by atoms with E-state index in [1.165, 1.54) is 35.2 Å². The molecule has 10 heteroatoms. The Kier molecular flexibility index (Phi) is 6.78. The van der Waals surface area contributed by atoms with Gasteiger partial charge >= 0.3 is 6.18 Å². The number of halogens is 4. The second kappa shape index (κ2) is 8.85. The number of amides is 2. The Hall–Kier alpha value is -2.62. The number of aromatic nitrogens is 1. The van der Waals surface area contributed by atoms with E-state index in [1.54, 1.807) is 0 Å². The van der Waals surface area contributed by atoms with E-state index in [0.717, 1.165) is 17.8 Å². The Balaban J connectivity index is 2.06. The highest BCUT2D eigenvalue weighted by Crippen LogP contribution is 2.29. The van der Waals surface area contributed by atoms with Gasteiger partial charge in [0.15, 0.2) is 0 Å². The third-order valence-corrected chi connectivity index (χ3v) is 4.36. The van der Waals surface area contributed by atoms with Crippen LogP contribution in [0.1, 0.15) is 12.0 Å². The van der Waals surface area contributed by atoms with Gasteiger partial charge in [0.2, 0.25) is 11.8 Å². The van der Waals surface area contributed by atoms with Gasteiger partial charge in [-0.05, 0) is 36.4 Å². The van der Waals surface area contributed by atoms with Gasteiger partial charge in [0.05, 0.1) is 16.3 Å². The fourth-order valence-corrected chi connectivity index (χ4v) is 2.81. The number of nitrogens with zero attached hydrogens (tertiary/aromatic N) is 2. The summed E-state index contributed by atoms with van der Waals surface area (Å²) in [5.74, 6) is -1.64. The molecule has 0 aliphatic carbocycles. The highest BCUT2D eigenvalue weighted by atomic mass is 32.2. The monoisotopic (exact) mass is 401 g/mol. The van der Waals surface area contributed by atoms with Crippen LogP contribution in [0.25, 0.3) is 0 Å². The number of anilines is 1. The summed E-state index contributed by atoms with van der Waals surface area (Å²) in [4.78, 5) is 28.5. The van der Waals surface area contributed by atoms with Crippen molar-refractivity contribution in [1.82, 2.24) is 4.98 Å². The largest absolute Gasteiger partial charge is 0.417 e. The second-order valence-corrected chi connectivity index (χ2v) is 6.41. The first-order valence-electron chi connectivity index (χ1n) is 7.67. The molecule has 0 fully saturated rings. The molecule has 1 heterocycles. The van der Waals surface area contributed by atoms with Crippen LogP contribution < -0.4 is 10.6 Å². The van der Waals surface area contributed by atoms with Gasteiger partial charge in [-0.15, -0.1) is 0 Å². The van der Waals surface area contributed by atoms with E-state index >= 15 is 0 Å². The van der Waals surface area contributed by atoms with Gasteiger partial charge in [-0.2, -0.15) is 13.2 Å². The maximum atomic E-state index is 13.1. The molecular weight excluding hydrogens is 386 g/mol. The number of alkyl halides is 3. The maximum absolute atomic E-state index is 13.1. The zero-order valence-corrected chi connectivity index (χ0v) is 14.7. The Labute approximate surface area is 156 Å². The molecule has 0 spiro atoms. The van der Waals surface area contributed by atoms with Crippen molar-refractivity contribution in [3.05, 3.63) is 54.0 Å². The van der Waals surface area contributed by atoms with Crippen molar-refractivity contribution >= 4 is 29.3 Å². The molecule has 2 N–H and O–H groups in total. The van der Waals surface area contributed by atoms with Crippen LogP contribution in [-0.4, -0.2) is 29.1 Å². The number of carbonyl (C=O) groups is 2. The number of thioether (sulfide) groups is 1. The number of carbonyl (C=O) groups excluding carboxylic acids is 2. The molecule has 0 unspecified atom stereocenters. The quantitative estimate of drug-likeness (QED) is 0.571. The molecule has 0 aliphatic rings. The SMILES string of the molecule is NC(=O)CCN(C(=O)CSc1ccc(C(F)(F)F)cn1)c1ccc(F)cc1. The minimum Gasteiger partial charge on any atom is -0.370 e. The fourth-order valence-electron chi connectivity index (χ4n) is 2.09. The van der Waals surface area contributed by atoms with Crippen LogP contribution in [-0.2, 0) is 15.8 Å². The predicted octanol–water partition coefficient (Wildman–Crippen LogP) is 3.24. The summed E-state index contributed by atoms with van der Waals surface area (Å²) in [7, 11) is 0. The van der Waals surface area contributed by atoms with E-state index in [-0.39, 0.29) is 23.7 Å². The first-order chi connectivity index (χ1) is 12.7. The second-order valence-electron chi connectivity index (χ2n) is 5.41. The first kappa shape index (κ1) is 20.7. The first-order valence-corrected chi connectivity index (χ1v) is 8.65. The lowest BCUT2D eigenvalue weighted by atomic mass is 10.2. The van der Waals surface area contributed by atoms with E-state index in [1.807, 2.05) is 0 Å². The molecule has 0 atom stereocenters. The van der Waals surface area contributed by atoms with Gasteiger partial charge < -0.3 is 10.6 Å². The number of pyridine rings is 1. The minimum absolute atomic E-state index is 0.000793. The highest BCUT2D eigenvalue weighted by molar-refractivity contribution is 7.99. The summed E-state index contributed by atoms with van der Waals surface area (Å²) >= 11 is 0.948. The smallest absolute Gasteiger partial charge is 0.370 e. The van der Waals surface area contributed by atoms with E-state index < -0.39 is 29.4 Å². The molecule has 0 radical (unpaired) electrons. The summed E-state index contributed by atoms with van der Waals surface area (Å²) < 4.78 is 50.7. The summed E-state index contributed by atoms with van der Waals surface area (Å²) in [5.41, 5.74) is 4.61. The van der Waals surface area contributed by atoms with Crippen LogP contribution in [0, 0.1) is 5.82 Å². The van der Waals surface area contributed by atoms with Gasteiger partial charge in [0.25, 0.3) is 0 Å². The lowest BCUT2D eigenvalue weighted by Crippen LogP contribution is -2.35. The number of hydrogen-bond donors (Lipinski definition) is 1. The highest BCUT2D eigenvalue weighted by Gasteiger charge is 2.30. The van der Waals surface area contributed by atoms with Gasteiger partial charge in [-0.3, -0.25) is 9.59 Å². The van der Waals surface area contributed by atoms with Gasteiger partial charge in [-0.1, -0.05) is 11.8 Å². The lowest BCUT2D eigenvalue weighted by molar-refractivity contribution is -0.138. The molecule has 0 aliphatic heterocycles. The van der Waals surface area contributed by atoms with Crippen molar-refractivity contribution in [2.75, 3.05) is 17.2 Å². The van der Waals surface area contributed by atoms with Gasteiger partial charge in [0.1, 0.15) is 5.82 Å². The Bertz CT molecular complexity index is 795. The molecule has 5 nitrogen and oxygen atoms in total. The van der Waals surface area contributed by atoms with Crippen molar-refractivity contribution in [1.29, 1.82) is 0 Å². The van der Waals surface area contributed by atoms with E-state index in [0.29, 0.717) is 11.9 Å². The van der Waals surface area contributed by atoms with Crippen molar-refractivity contribution in [3.8, 4) is 0 Å². The van der Waals surface area contributed by atoms with Crippen LogP contribution in [0.4, 0.5) is 23.2 Å². The molecule has 0 saturated heterocycles. The number of benzene rings is 1. The summed E-state index contributed by atoms with van der Waals surface area (Å²) in [5, 5.41) is 0.241.